The summed E-state index contributed by atoms with van der Waals surface area (Å²) in [5, 5.41) is 19.4. The quantitative estimate of drug-likeness (QED) is 0.0184. The van der Waals surface area contributed by atoms with Gasteiger partial charge in [-0.2, -0.15) is 10.5 Å². The number of fused-ring (bicyclic) bond motifs is 1. The van der Waals surface area contributed by atoms with Crippen LogP contribution in [-0.2, 0) is 89.6 Å². The second-order valence-electron chi connectivity index (χ2n) is 18.4. The molecule has 0 bridgehead atoms. The SMILES string of the molecule is C=CC(=O)OCCOC(=O)CCC(=O)OCc1ccc(OC(=O)[C@H]2CC[C@H](C(=O)Oc3ccc(OC(=O)[C@H]4CC[C@H](C(=O)Oc5ccc(COC(=O)CCC(=O)OCCOC(=O)C=C)cc5)CC4)c4c3SC(=C(C#N)C#N)S4)CC2)cc1. The third-order valence-electron chi connectivity index (χ3n) is 12.7. The van der Waals surface area contributed by atoms with Crippen LogP contribution in [0.4, 0.5) is 0 Å². The number of carbonyl (C=O) groups is 10. The summed E-state index contributed by atoms with van der Waals surface area (Å²) in [6.07, 6.45) is 3.71. The molecule has 3 aromatic carbocycles. The molecule has 0 aromatic heterocycles. The van der Waals surface area contributed by atoms with Crippen molar-refractivity contribution in [3.05, 3.63) is 107 Å². The molecule has 1 aliphatic heterocycles. The Kier molecular flexibility index (Phi) is 24.3. The molecule has 0 atom stereocenters. The van der Waals surface area contributed by atoms with Gasteiger partial charge in [0, 0.05) is 12.2 Å². The predicted octanol–water partition coefficient (Wildman–Crippen LogP) is 7.97. The lowest BCUT2D eigenvalue weighted by atomic mass is 9.82. The number of nitriles is 2. The van der Waals surface area contributed by atoms with Gasteiger partial charge < -0.3 is 47.4 Å². The zero-order valence-electron chi connectivity index (χ0n) is 44.3. The summed E-state index contributed by atoms with van der Waals surface area (Å²) >= 11 is 2.07. The Morgan fingerprint density at radius 1 is 0.439 bits per heavy atom. The second kappa shape index (κ2) is 31.9. The normalized spacial score (nSPS) is 16.8. The van der Waals surface area contributed by atoms with E-state index in [1.54, 1.807) is 48.5 Å². The third-order valence-corrected chi connectivity index (χ3v) is 15.4. The van der Waals surface area contributed by atoms with Gasteiger partial charge in [0.15, 0.2) is 0 Å². The maximum atomic E-state index is 13.6. The largest absolute Gasteiger partial charge is 0.462 e. The van der Waals surface area contributed by atoms with Crippen LogP contribution >= 0.6 is 23.5 Å². The Bertz CT molecular complexity index is 2820. The number of hydrogen-bond acceptors (Lipinski definition) is 24. The highest BCUT2D eigenvalue weighted by atomic mass is 32.2. The standard InChI is InChI=1S/C58H56N2O20S2/c1-3-46(61)71-27-29-73-48(63)23-25-50(65)75-33-35-5-17-42(18-6-35)77-54(67)37-9-13-39(14-10-37)56(69)79-44-21-22-45(53-52(44)81-58(82-53)41(31-59)32-60)80-57(70)40-15-11-38(12-16-40)55(68)78-43-19-7-36(8-20-43)34-76-51(66)26-24-49(64)74-30-28-72-47(62)4-2/h3-8,17-22,37-40H,1-2,9-16,23-30,33-34H2/t37-,38-,39-,40-. The van der Waals surface area contributed by atoms with E-state index in [0.29, 0.717) is 76.5 Å². The van der Waals surface area contributed by atoms with Crippen LogP contribution in [0.3, 0.4) is 0 Å². The minimum atomic E-state index is -0.660. The van der Waals surface area contributed by atoms with Crippen LogP contribution in [0.5, 0.6) is 23.0 Å². The van der Waals surface area contributed by atoms with Crippen molar-refractivity contribution in [2.45, 2.75) is 100 Å². The van der Waals surface area contributed by atoms with E-state index in [1.165, 1.54) is 12.1 Å². The number of allylic oxidation sites excluding steroid dienone is 1. The van der Waals surface area contributed by atoms with E-state index >= 15 is 0 Å². The summed E-state index contributed by atoms with van der Waals surface area (Å²) in [5.41, 5.74) is 1.02. The molecule has 3 aliphatic rings. The number of benzene rings is 3. The van der Waals surface area contributed by atoms with Crippen LogP contribution in [0.1, 0.15) is 88.2 Å². The first-order chi connectivity index (χ1) is 39.5. The highest BCUT2D eigenvalue weighted by Gasteiger charge is 2.37. The monoisotopic (exact) mass is 1160 g/mol. The number of thioether (sulfide) groups is 2. The van der Waals surface area contributed by atoms with Crippen molar-refractivity contribution in [3.8, 4) is 35.1 Å². The van der Waals surface area contributed by atoms with Gasteiger partial charge in [0.25, 0.3) is 0 Å². The molecule has 82 heavy (non-hydrogen) atoms. The van der Waals surface area contributed by atoms with Crippen LogP contribution in [-0.4, -0.2) is 86.1 Å². The number of carbonyl (C=O) groups excluding carboxylic acids is 10. The van der Waals surface area contributed by atoms with Crippen molar-refractivity contribution in [2.75, 3.05) is 26.4 Å². The van der Waals surface area contributed by atoms with Crippen molar-refractivity contribution >= 4 is 83.2 Å². The van der Waals surface area contributed by atoms with E-state index in [2.05, 4.69) is 13.2 Å². The van der Waals surface area contributed by atoms with Gasteiger partial charge in [-0.3, -0.25) is 38.4 Å². The van der Waals surface area contributed by atoms with Crippen LogP contribution in [0.2, 0.25) is 0 Å². The van der Waals surface area contributed by atoms with Crippen LogP contribution in [0, 0.1) is 46.3 Å². The fourth-order valence-electron chi connectivity index (χ4n) is 8.26. The van der Waals surface area contributed by atoms with Crippen molar-refractivity contribution < 1.29 is 95.3 Å². The zero-order chi connectivity index (χ0) is 59.0. The van der Waals surface area contributed by atoms with Crippen molar-refractivity contribution in [1.82, 2.24) is 0 Å². The van der Waals surface area contributed by atoms with Crippen molar-refractivity contribution in [3.63, 3.8) is 0 Å². The van der Waals surface area contributed by atoms with Crippen LogP contribution in [0.25, 0.3) is 0 Å². The molecule has 2 aliphatic carbocycles. The molecule has 0 radical (unpaired) electrons. The van der Waals surface area contributed by atoms with Gasteiger partial charge in [-0.25, -0.2) is 9.59 Å². The Hall–Kier alpha value is -8.74. The predicted molar refractivity (Wildman–Crippen MR) is 285 cm³/mol. The minimum absolute atomic E-state index is 0.0929. The van der Waals surface area contributed by atoms with E-state index in [9.17, 15) is 58.5 Å². The van der Waals surface area contributed by atoms with Crippen molar-refractivity contribution in [2.24, 2.45) is 23.7 Å². The van der Waals surface area contributed by atoms with Crippen LogP contribution in [0.15, 0.2) is 106 Å². The molecule has 3 aromatic rings. The molecule has 6 rings (SSSR count). The van der Waals surface area contributed by atoms with E-state index in [-0.39, 0.29) is 93.9 Å². The van der Waals surface area contributed by atoms with Gasteiger partial charge in [-0.1, -0.05) is 60.9 Å². The molecule has 0 N–H and O–H groups in total. The first-order valence-electron chi connectivity index (χ1n) is 25.9. The van der Waals surface area contributed by atoms with Crippen LogP contribution < -0.4 is 18.9 Å². The highest BCUT2D eigenvalue weighted by Crippen LogP contribution is 2.59. The molecule has 22 nitrogen and oxygen atoms in total. The lowest BCUT2D eigenvalue weighted by Gasteiger charge is -2.26. The Morgan fingerprint density at radius 3 is 1.06 bits per heavy atom. The second-order valence-corrected chi connectivity index (χ2v) is 20.7. The molecule has 0 spiro atoms. The minimum Gasteiger partial charge on any atom is -0.462 e. The van der Waals surface area contributed by atoms with E-state index < -0.39 is 83.4 Å². The molecule has 0 amide bonds. The number of nitrogens with zero attached hydrogens (tertiary/aromatic N) is 2. The van der Waals surface area contributed by atoms with Gasteiger partial charge >= 0.3 is 59.7 Å². The average molecular weight is 1170 g/mol. The summed E-state index contributed by atoms with van der Waals surface area (Å²) in [4.78, 5) is 124. The van der Waals surface area contributed by atoms with Gasteiger partial charge in [0.1, 0.15) is 80.4 Å². The van der Waals surface area contributed by atoms with Gasteiger partial charge in [-0.15, -0.1) is 0 Å². The molecule has 0 unspecified atom stereocenters. The Morgan fingerprint density at radius 2 is 0.744 bits per heavy atom. The van der Waals surface area contributed by atoms with Gasteiger partial charge in [-0.05, 0) is 98.9 Å². The first kappa shape index (κ1) is 62.5. The van der Waals surface area contributed by atoms with E-state index in [1.807, 2.05) is 12.1 Å². The highest BCUT2D eigenvalue weighted by molar-refractivity contribution is 8.24. The maximum absolute atomic E-state index is 13.6. The summed E-state index contributed by atoms with van der Waals surface area (Å²) < 4.78 is 53.0. The zero-order valence-corrected chi connectivity index (χ0v) is 45.9. The fourth-order valence-corrected chi connectivity index (χ4v) is 10.7. The lowest BCUT2D eigenvalue weighted by molar-refractivity contribution is -0.153. The molecule has 0 saturated heterocycles. The molecular formula is C58H56N2O20S2. The molecule has 430 valence electrons. The van der Waals surface area contributed by atoms with E-state index in [0.717, 1.165) is 35.7 Å². The Labute approximate surface area is 479 Å². The van der Waals surface area contributed by atoms with Crippen molar-refractivity contribution in [1.29, 1.82) is 10.5 Å². The summed E-state index contributed by atoms with van der Waals surface area (Å²) in [5.74, 6) is -7.25. The smallest absolute Gasteiger partial charge is 0.330 e. The molecular weight excluding hydrogens is 1110 g/mol. The summed E-state index contributed by atoms with van der Waals surface area (Å²) in [7, 11) is 0. The van der Waals surface area contributed by atoms with E-state index in [4.69, 9.17) is 47.4 Å². The first-order valence-corrected chi connectivity index (χ1v) is 27.5. The summed E-state index contributed by atoms with van der Waals surface area (Å²) in [6, 6.07) is 19.4. The fraction of sp³-hybridized carbons (Fsp3) is 0.379. The maximum Gasteiger partial charge on any atom is 0.330 e. The Balaban J connectivity index is 0.915. The lowest BCUT2D eigenvalue weighted by Crippen LogP contribution is -2.30. The molecule has 1 heterocycles. The molecule has 2 fully saturated rings. The average Bonchev–Trinajstić information content (AvgIpc) is 4.17. The number of hydrogen-bond donors (Lipinski definition) is 0. The van der Waals surface area contributed by atoms with Gasteiger partial charge in [0.05, 0.1) is 63.4 Å². The van der Waals surface area contributed by atoms with Gasteiger partial charge in [0.2, 0.25) is 0 Å². The summed E-state index contributed by atoms with van der Waals surface area (Å²) in [6.45, 7) is 5.71. The number of rotatable bonds is 26. The topological polar surface area (TPSA) is 311 Å². The molecule has 24 heteroatoms. The number of esters is 10. The number of ether oxygens (including phenoxy) is 10. The third kappa shape index (κ3) is 19.5. The molecule has 2 saturated carbocycles.